The maximum Gasteiger partial charge on any atom is 0.255 e. The van der Waals surface area contributed by atoms with E-state index in [2.05, 4.69) is 5.32 Å². The molecule has 2 aliphatic rings. The van der Waals surface area contributed by atoms with E-state index in [0.717, 1.165) is 12.8 Å². The third kappa shape index (κ3) is 4.56. The van der Waals surface area contributed by atoms with Gasteiger partial charge in [0.25, 0.3) is 5.91 Å². The van der Waals surface area contributed by atoms with Gasteiger partial charge in [0.05, 0.1) is 12.2 Å². The van der Waals surface area contributed by atoms with Gasteiger partial charge in [0.15, 0.2) is 0 Å². The molecule has 4 rings (SSSR count). The van der Waals surface area contributed by atoms with E-state index in [0.29, 0.717) is 47.3 Å². The first kappa shape index (κ1) is 21.7. The number of anilines is 1. The van der Waals surface area contributed by atoms with Gasteiger partial charge in [-0.05, 0) is 62.2 Å². The van der Waals surface area contributed by atoms with Gasteiger partial charge in [-0.25, -0.2) is 8.42 Å². The lowest BCUT2D eigenvalue weighted by atomic mass is 10.1. The van der Waals surface area contributed by atoms with Crippen LogP contribution < -0.4 is 14.8 Å². The molecule has 2 heterocycles. The zero-order chi connectivity index (χ0) is 22.0. The number of nitrogens with zero attached hydrogens (tertiary/aromatic N) is 1. The van der Waals surface area contributed by atoms with E-state index in [9.17, 15) is 13.2 Å². The summed E-state index contributed by atoms with van der Waals surface area (Å²) in [5.41, 5.74) is 1.49. The Morgan fingerprint density at radius 1 is 1.19 bits per heavy atom. The molecule has 0 radical (unpaired) electrons. The predicted molar refractivity (Wildman–Crippen MR) is 119 cm³/mol. The first-order chi connectivity index (χ1) is 14.9. The largest absolute Gasteiger partial charge is 0.492 e. The third-order valence-corrected chi connectivity index (χ3v) is 7.32. The first-order valence-electron chi connectivity index (χ1n) is 10.1. The van der Waals surface area contributed by atoms with Crippen LogP contribution in [0, 0.1) is 0 Å². The van der Waals surface area contributed by atoms with Gasteiger partial charge in [0.2, 0.25) is 10.0 Å². The van der Waals surface area contributed by atoms with Gasteiger partial charge in [0, 0.05) is 29.4 Å². The molecule has 0 bridgehead atoms. The van der Waals surface area contributed by atoms with Crippen molar-refractivity contribution in [3.05, 3.63) is 52.6 Å². The zero-order valence-corrected chi connectivity index (χ0v) is 18.6. The summed E-state index contributed by atoms with van der Waals surface area (Å²) in [6.45, 7) is 3.20. The number of fused-ring (bicyclic) bond motifs is 1. The van der Waals surface area contributed by atoms with Gasteiger partial charge in [-0.15, -0.1) is 0 Å². The van der Waals surface area contributed by atoms with Crippen LogP contribution in [-0.4, -0.2) is 44.9 Å². The number of carbonyl (C=O) groups is 1. The van der Waals surface area contributed by atoms with Gasteiger partial charge >= 0.3 is 0 Å². The number of benzene rings is 2. The molecular formula is C22H23ClN2O5S. The van der Waals surface area contributed by atoms with Crippen LogP contribution in [0.4, 0.5) is 5.69 Å². The summed E-state index contributed by atoms with van der Waals surface area (Å²) in [6, 6.07) is 9.85. The molecule has 31 heavy (non-hydrogen) atoms. The molecule has 1 N–H and O–H groups in total. The summed E-state index contributed by atoms with van der Waals surface area (Å²) in [5, 5.41) is 3.32. The van der Waals surface area contributed by atoms with E-state index in [1.165, 1.54) is 10.4 Å². The number of halogens is 1. The van der Waals surface area contributed by atoms with Crippen molar-refractivity contribution in [2.75, 3.05) is 31.6 Å². The molecule has 0 spiro atoms. The SMILES string of the molecule is CCOc1ccc(NC(=O)C2=Cc3cc(Cl)ccc3OC2)cc1S(=O)(=O)N1CCCC1. The molecule has 1 saturated heterocycles. The number of ether oxygens (including phenoxy) is 2. The fraction of sp³-hybridized carbons (Fsp3) is 0.318. The second-order valence-electron chi connectivity index (χ2n) is 7.30. The predicted octanol–water partition coefficient (Wildman–Crippen LogP) is 3.94. The van der Waals surface area contributed by atoms with Crippen molar-refractivity contribution in [2.45, 2.75) is 24.7 Å². The average Bonchev–Trinajstić information content (AvgIpc) is 3.30. The van der Waals surface area contributed by atoms with Crippen LogP contribution in [0.15, 0.2) is 46.9 Å². The Bertz CT molecular complexity index is 1140. The maximum atomic E-state index is 13.1. The van der Waals surface area contributed by atoms with E-state index in [-0.39, 0.29) is 23.2 Å². The molecule has 0 aromatic heterocycles. The number of sulfonamides is 1. The van der Waals surface area contributed by atoms with Crippen molar-refractivity contribution in [3.63, 3.8) is 0 Å². The minimum atomic E-state index is -3.72. The number of hydrogen-bond donors (Lipinski definition) is 1. The van der Waals surface area contributed by atoms with Crippen LogP contribution in [0.25, 0.3) is 6.08 Å². The van der Waals surface area contributed by atoms with Crippen LogP contribution in [0.5, 0.6) is 11.5 Å². The van der Waals surface area contributed by atoms with E-state index in [1.54, 1.807) is 43.3 Å². The summed E-state index contributed by atoms with van der Waals surface area (Å²) in [5.74, 6) is 0.552. The highest BCUT2D eigenvalue weighted by Crippen LogP contribution is 2.33. The molecule has 1 amide bonds. The molecule has 0 saturated carbocycles. The Morgan fingerprint density at radius 2 is 1.97 bits per heavy atom. The Balaban J connectivity index is 1.61. The second-order valence-corrected chi connectivity index (χ2v) is 9.64. The van der Waals surface area contributed by atoms with Gasteiger partial charge in [-0.1, -0.05) is 11.6 Å². The normalized spacial score (nSPS) is 16.3. The second kappa shape index (κ2) is 8.90. The highest BCUT2D eigenvalue weighted by atomic mass is 35.5. The van der Waals surface area contributed by atoms with E-state index >= 15 is 0 Å². The molecule has 164 valence electrons. The Kier molecular flexibility index (Phi) is 6.22. The molecule has 0 atom stereocenters. The topological polar surface area (TPSA) is 84.9 Å². The fourth-order valence-corrected chi connectivity index (χ4v) is 5.48. The molecule has 2 aliphatic heterocycles. The Labute approximate surface area is 186 Å². The number of rotatable bonds is 6. The molecule has 0 unspecified atom stereocenters. The lowest BCUT2D eigenvalue weighted by molar-refractivity contribution is -0.113. The van der Waals surface area contributed by atoms with Gasteiger partial charge < -0.3 is 14.8 Å². The van der Waals surface area contributed by atoms with E-state index < -0.39 is 10.0 Å². The van der Waals surface area contributed by atoms with Crippen molar-refractivity contribution in [1.82, 2.24) is 4.31 Å². The summed E-state index contributed by atoms with van der Waals surface area (Å²) < 4.78 is 38.9. The van der Waals surface area contributed by atoms with E-state index in [1.807, 2.05) is 0 Å². The number of hydrogen-bond acceptors (Lipinski definition) is 5. The monoisotopic (exact) mass is 462 g/mol. The molecule has 1 fully saturated rings. The van der Waals surface area contributed by atoms with Crippen molar-refractivity contribution in [1.29, 1.82) is 0 Å². The van der Waals surface area contributed by atoms with Crippen LogP contribution >= 0.6 is 11.6 Å². The van der Waals surface area contributed by atoms with Crippen LogP contribution in [0.3, 0.4) is 0 Å². The standard InChI is InChI=1S/C22H23ClN2O5S/c1-2-29-20-8-6-18(13-21(20)31(27,28)25-9-3-4-10-25)24-22(26)16-11-15-12-17(23)5-7-19(15)30-14-16/h5-8,11-13H,2-4,9-10,14H2,1H3,(H,24,26). The van der Waals surface area contributed by atoms with Crippen LogP contribution in [-0.2, 0) is 14.8 Å². The highest BCUT2D eigenvalue weighted by molar-refractivity contribution is 7.89. The Hall–Kier alpha value is -2.55. The lowest BCUT2D eigenvalue weighted by Crippen LogP contribution is -2.28. The molecule has 9 heteroatoms. The molecule has 7 nitrogen and oxygen atoms in total. The summed E-state index contributed by atoms with van der Waals surface area (Å²) in [6.07, 6.45) is 3.38. The number of carbonyl (C=O) groups excluding carboxylic acids is 1. The molecule has 0 aliphatic carbocycles. The zero-order valence-electron chi connectivity index (χ0n) is 17.1. The molecular weight excluding hydrogens is 440 g/mol. The minimum Gasteiger partial charge on any atom is -0.492 e. The van der Waals surface area contributed by atoms with E-state index in [4.69, 9.17) is 21.1 Å². The number of amides is 1. The fourth-order valence-electron chi connectivity index (χ4n) is 3.62. The van der Waals surface area contributed by atoms with Crippen molar-refractivity contribution < 1.29 is 22.7 Å². The number of nitrogens with one attached hydrogen (secondary N) is 1. The summed E-state index contributed by atoms with van der Waals surface area (Å²) in [7, 11) is -3.72. The van der Waals surface area contributed by atoms with Gasteiger partial charge in [-0.3, -0.25) is 4.79 Å². The van der Waals surface area contributed by atoms with Crippen molar-refractivity contribution in [3.8, 4) is 11.5 Å². The van der Waals surface area contributed by atoms with Crippen LogP contribution in [0.2, 0.25) is 5.02 Å². The third-order valence-electron chi connectivity index (χ3n) is 5.16. The van der Waals surface area contributed by atoms with Crippen LogP contribution in [0.1, 0.15) is 25.3 Å². The minimum absolute atomic E-state index is 0.0556. The van der Waals surface area contributed by atoms with Gasteiger partial charge in [-0.2, -0.15) is 4.31 Å². The van der Waals surface area contributed by atoms with Gasteiger partial charge in [0.1, 0.15) is 23.0 Å². The molecule has 2 aromatic carbocycles. The quantitative estimate of drug-likeness (QED) is 0.702. The Morgan fingerprint density at radius 3 is 2.71 bits per heavy atom. The van der Waals surface area contributed by atoms with Crippen molar-refractivity contribution in [2.24, 2.45) is 0 Å². The summed E-state index contributed by atoms with van der Waals surface area (Å²) in [4.78, 5) is 12.9. The average molecular weight is 463 g/mol. The summed E-state index contributed by atoms with van der Waals surface area (Å²) >= 11 is 6.03. The maximum absolute atomic E-state index is 13.1. The first-order valence-corrected chi connectivity index (χ1v) is 11.9. The molecule has 2 aromatic rings. The highest BCUT2D eigenvalue weighted by Gasteiger charge is 2.30. The van der Waals surface area contributed by atoms with Crippen molar-refractivity contribution >= 4 is 39.3 Å². The lowest BCUT2D eigenvalue weighted by Gasteiger charge is -2.20. The smallest absolute Gasteiger partial charge is 0.255 e.